The van der Waals surface area contributed by atoms with Crippen molar-refractivity contribution < 1.29 is 9.13 Å². The third-order valence-corrected chi connectivity index (χ3v) is 3.26. The zero-order valence-electron chi connectivity index (χ0n) is 11.3. The number of anilines is 3. The van der Waals surface area contributed by atoms with E-state index < -0.39 is 0 Å². The van der Waals surface area contributed by atoms with Crippen LogP contribution in [-0.4, -0.2) is 7.11 Å². The first-order chi connectivity index (χ1) is 9.04. The Morgan fingerprint density at radius 2 is 1.84 bits per heavy atom. The topological polar surface area (TPSA) is 47.3 Å². The molecular weight excluding hydrogens is 243 g/mol. The second-order valence-electron chi connectivity index (χ2n) is 4.39. The second-order valence-corrected chi connectivity index (χ2v) is 4.39. The zero-order valence-corrected chi connectivity index (χ0v) is 11.3. The number of methoxy groups -OCH3 is 1. The minimum absolute atomic E-state index is 0.301. The molecule has 2 aromatic rings. The summed E-state index contributed by atoms with van der Waals surface area (Å²) in [5.74, 6) is 0.442. The Bertz CT molecular complexity index is 591. The molecule has 0 aliphatic rings. The van der Waals surface area contributed by atoms with E-state index in [1.54, 1.807) is 19.2 Å². The van der Waals surface area contributed by atoms with Crippen LogP contribution in [0.3, 0.4) is 0 Å². The van der Waals surface area contributed by atoms with Gasteiger partial charge in [-0.1, -0.05) is 6.07 Å². The van der Waals surface area contributed by atoms with Gasteiger partial charge in [-0.05, 0) is 49.2 Å². The minimum atomic E-state index is -0.368. The van der Waals surface area contributed by atoms with Crippen LogP contribution >= 0.6 is 0 Å². The number of nitrogens with two attached hydrogens (primary N) is 1. The summed E-state index contributed by atoms with van der Waals surface area (Å²) < 4.78 is 19.0. The van der Waals surface area contributed by atoms with Crippen molar-refractivity contribution in [1.29, 1.82) is 0 Å². The number of rotatable bonds is 3. The quantitative estimate of drug-likeness (QED) is 0.826. The van der Waals surface area contributed by atoms with E-state index in [2.05, 4.69) is 5.32 Å². The van der Waals surface area contributed by atoms with E-state index >= 15 is 0 Å². The Kier molecular flexibility index (Phi) is 3.60. The fourth-order valence-electron chi connectivity index (χ4n) is 1.96. The summed E-state index contributed by atoms with van der Waals surface area (Å²) in [4.78, 5) is 0. The summed E-state index contributed by atoms with van der Waals surface area (Å²) in [6.45, 7) is 3.92. The number of ether oxygens (including phenoxy) is 1. The molecule has 0 aliphatic carbocycles. The number of hydrogen-bond donors (Lipinski definition) is 2. The summed E-state index contributed by atoms with van der Waals surface area (Å²) in [5, 5.41) is 3.05. The molecule has 19 heavy (non-hydrogen) atoms. The molecule has 100 valence electrons. The molecule has 2 aromatic carbocycles. The molecule has 0 bridgehead atoms. The molecule has 3 nitrogen and oxygen atoms in total. The SMILES string of the molecule is COc1ccc(Nc2c(N)cccc2F)c(C)c1C. The van der Waals surface area contributed by atoms with Crippen LogP contribution < -0.4 is 15.8 Å². The van der Waals surface area contributed by atoms with Crippen molar-refractivity contribution in [2.45, 2.75) is 13.8 Å². The Hall–Kier alpha value is -2.23. The van der Waals surface area contributed by atoms with Crippen LogP contribution in [0.15, 0.2) is 30.3 Å². The molecule has 0 atom stereocenters. The van der Waals surface area contributed by atoms with Gasteiger partial charge in [-0.15, -0.1) is 0 Å². The standard InChI is InChI=1S/C15H17FN2O/c1-9-10(2)14(19-3)8-7-13(9)18-15-11(16)5-4-6-12(15)17/h4-8,18H,17H2,1-3H3. The lowest BCUT2D eigenvalue weighted by molar-refractivity contribution is 0.411. The second kappa shape index (κ2) is 5.18. The van der Waals surface area contributed by atoms with Crippen LogP contribution in [0.25, 0.3) is 0 Å². The van der Waals surface area contributed by atoms with Gasteiger partial charge < -0.3 is 15.8 Å². The summed E-state index contributed by atoms with van der Waals surface area (Å²) in [5.41, 5.74) is 9.30. The molecule has 3 N–H and O–H groups in total. The van der Waals surface area contributed by atoms with Crippen molar-refractivity contribution in [3.05, 3.63) is 47.3 Å². The predicted molar refractivity (Wildman–Crippen MR) is 76.6 cm³/mol. The van der Waals surface area contributed by atoms with Crippen molar-refractivity contribution in [3.8, 4) is 5.75 Å². The Labute approximate surface area is 112 Å². The molecule has 0 unspecified atom stereocenters. The van der Waals surface area contributed by atoms with E-state index in [1.807, 2.05) is 26.0 Å². The van der Waals surface area contributed by atoms with Crippen molar-refractivity contribution in [2.75, 3.05) is 18.2 Å². The maximum atomic E-state index is 13.7. The van der Waals surface area contributed by atoms with E-state index in [0.717, 1.165) is 22.6 Å². The fraction of sp³-hybridized carbons (Fsp3) is 0.200. The van der Waals surface area contributed by atoms with E-state index in [-0.39, 0.29) is 5.82 Å². The Balaban J connectivity index is 2.42. The van der Waals surface area contributed by atoms with Gasteiger partial charge in [0.1, 0.15) is 11.6 Å². The van der Waals surface area contributed by atoms with Gasteiger partial charge >= 0.3 is 0 Å². The number of para-hydroxylation sites is 1. The molecule has 2 rings (SSSR count). The van der Waals surface area contributed by atoms with Gasteiger partial charge in [-0.2, -0.15) is 0 Å². The van der Waals surface area contributed by atoms with Crippen molar-refractivity contribution in [1.82, 2.24) is 0 Å². The Morgan fingerprint density at radius 3 is 2.47 bits per heavy atom. The lowest BCUT2D eigenvalue weighted by atomic mass is 10.1. The van der Waals surface area contributed by atoms with Crippen LogP contribution in [0.4, 0.5) is 21.5 Å². The maximum Gasteiger partial charge on any atom is 0.148 e. The molecule has 0 heterocycles. The van der Waals surface area contributed by atoms with Crippen LogP contribution in [-0.2, 0) is 0 Å². The van der Waals surface area contributed by atoms with Crippen LogP contribution in [0, 0.1) is 19.7 Å². The third-order valence-electron chi connectivity index (χ3n) is 3.26. The van der Waals surface area contributed by atoms with E-state index in [9.17, 15) is 4.39 Å². The van der Waals surface area contributed by atoms with E-state index in [1.165, 1.54) is 6.07 Å². The van der Waals surface area contributed by atoms with Crippen LogP contribution in [0.2, 0.25) is 0 Å². The number of benzene rings is 2. The molecule has 0 fully saturated rings. The van der Waals surface area contributed by atoms with Gasteiger partial charge in [-0.3, -0.25) is 0 Å². The van der Waals surface area contributed by atoms with Crippen molar-refractivity contribution in [2.24, 2.45) is 0 Å². The van der Waals surface area contributed by atoms with Gasteiger partial charge in [0.25, 0.3) is 0 Å². The van der Waals surface area contributed by atoms with Crippen molar-refractivity contribution in [3.63, 3.8) is 0 Å². The number of hydrogen-bond acceptors (Lipinski definition) is 3. The lowest BCUT2D eigenvalue weighted by Gasteiger charge is -2.16. The molecule has 0 saturated heterocycles. The summed E-state index contributed by atoms with van der Waals surface area (Å²) in [6.07, 6.45) is 0. The van der Waals surface area contributed by atoms with Gasteiger partial charge in [0.05, 0.1) is 18.5 Å². The molecule has 0 aliphatic heterocycles. The average Bonchev–Trinajstić information content (AvgIpc) is 2.39. The first kappa shape index (κ1) is 13.2. The van der Waals surface area contributed by atoms with Crippen LogP contribution in [0.5, 0.6) is 5.75 Å². The summed E-state index contributed by atoms with van der Waals surface area (Å²) in [6, 6.07) is 8.33. The first-order valence-electron chi connectivity index (χ1n) is 5.99. The first-order valence-corrected chi connectivity index (χ1v) is 5.99. The highest BCUT2D eigenvalue weighted by atomic mass is 19.1. The van der Waals surface area contributed by atoms with Gasteiger partial charge in [0, 0.05) is 5.69 Å². The minimum Gasteiger partial charge on any atom is -0.496 e. The fourth-order valence-corrected chi connectivity index (χ4v) is 1.96. The zero-order chi connectivity index (χ0) is 14.0. The molecule has 0 aromatic heterocycles. The average molecular weight is 260 g/mol. The smallest absolute Gasteiger partial charge is 0.148 e. The number of halogens is 1. The summed E-state index contributed by atoms with van der Waals surface area (Å²) in [7, 11) is 1.63. The van der Waals surface area contributed by atoms with Crippen molar-refractivity contribution >= 4 is 17.1 Å². The van der Waals surface area contributed by atoms with Gasteiger partial charge in [-0.25, -0.2) is 4.39 Å². The molecule has 0 saturated carbocycles. The van der Waals surface area contributed by atoms with Gasteiger partial charge in [0.15, 0.2) is 0 Å². The molecule has 0 amide bonds. The monoisotopic (exact) mass is 260 g/mol. The van der Waals surface area contributed by atoms with E-state index in [4.69, 9.17) is 10.5 Å². The largest absolute Gasteiger partial charge is 0.496 e. The number of nitrogens with one attached hydrogen (secondary N) is 1. The lowest BCUT2D eigenvalue weighted by Crippen LogP contribution is -2.02. The highest BCUT2D eigenvalue weighted by molar-refractivity contribution is 5.75. The maximum absolute atomic E-state index is 13.7. The molecular formula is C15H17FN2O. The van der Waals surface area contributed by atoms with Gasteiger partial charge in [0.2, 0.25) is 0 Å². The molecule has 4 heteroatoms. The summed E-state index contributed by atoms with van der Waals surface area (Å²) >= 11 is 0. The van der Waals surface area contributed by atoms with Crippen LogP contribution in [0.1, 0.15) is 11.1 Å². The normalized spacial score (nSPS) is 10.3. The molecule has 0 spiro atoms. The number of nitrogen functional groups attached to an aromatic ring is 1. The Morgan fingerprint density at radius 1 is 1.11 bits per heavy atom. The highest BCUT2D eigenvalue weighted by Crippen LogP contribution is 2.32. The predicted octanol–water partition coefficient (Wildman–Crippen LogP) is 3.78. The van der Waals surface area contributed by atoms with E-state index in [0.29, 0.717) is 11.4 Å². The highest BCUT2D eigenvalue weighted by Gasteiger charge is 2.10. The third kappa shape index (κ3) is 2.47. The molecule has 0 radical (unpaired) electrons.